The molecule has 0 atom stereocenters. The Balaban J connectivity index is 1.54. The van der Waals surface area contributed by atoms with E-state index in [-0.39, 0.29) is 11.3 Å². The van der Waals surface area contributed by atoms with Crippen LogP contribution in [-0.4, -0.2) is 37.6 Å². The molecule has 36 heavy (non-hydrogen) atoms. The van der Waals surface area contributed by atoms with Gasteiger partial charge in [-0.05, 0) is 55.2 Å². The van der Waals surface area contributed by atoms with Crippen molar-refractivity contribution in [3.63, 3.8) is 0 Å². The molecule has 9 nitrogen and oxygen atoms in total. The van der Waals surface area contributed by atoms with Crippen molar-refractivity contribution in [2.24, 2.45) is 14.1 Å². The number of furan rings is 1. The Kier molecular flexibility index (Phi) is 6.40. The Bertz CT molecular complexity index is 1580. The number of nitrogens with zero attached hydrogens (tertiary/aromatic N) is 5. The molecule has 0 radical (unpaired) electrons. The molecule has 0 N–H and O–H groups in total. The van der Waals surface area contributed by atoms with Gasteiger partial charge in [-0.25, -0.2) is 4.79 Å². The maximum Gasteiger partial charge on any atom is 0.332 e. The van der Waals surface area contributed by atoms with Crippen molar-refractivity contribution >= 4 is 34.5 Å². The predicted molar refractivity (Wildman–Crippen MR) is 138 cm³/mol. The van der Waals surface area contributed by atoms with Gasteiger partial charge in [-0.2, -0.15) is 4.98 Å². The van der Waals surface area contributed by atoms with Gasteiger partial charge in [0, 0.05) is 32.2 Å². The summed E-state index contributed by atoms with van der Waals surface area (Å²) in [6.45, 7) is 1.71. The number of fused-ring (bicyclic) bond motifs is 1. The first kappa shape index (κ1) is 23.9. The van der Waals surface area contributed by atoms with Crippen LogP contribution in [0.15, 0.2) is 68.3 Å². The molecule has 0 aliphatic carbocycles. The summed E-state index contributed by atoms with van der Waals surface area (Å²) >= 11 is 6.07. The van der Waals surface area contributed by atoms with Gasteiger partial charge in [-0.3, -0.25) is 23.3 Å². The van der Waals surface area contributed by atoms with Crippen molar-refractivity contribution in [1.82, 2.24) is 18.7 Å². The van der Waals surface area contributed by atoms with Crippen LogP contribution < -0.4 is 16.1 Å². The van der Waals surface area contributed by atoms with E-state index < -0.39 is 5.69 Å². The van der Waals surface area contributed by atoms with Crippen molar-refractivity contribution in [3.8, 4) is 0 Å². The van der Waals surface area contributed by atoms with Gasteiger partial charge in [-0.15, -0.1) is 0 Å². The van der Waals surface area contributed by atoms with E-state index in [2.05, 4.69) is 4.90 Å². The van der Waals surface area contributed by atoms with Crippen molar-refractivity contribution in [3.05, 3.63) is 91.5 Å². The highest BCUT2D eigenvalue weighted by molar-refractivity contribution is 6.30. The zero-order valence-electron chi connectivity index (χ0n) is 20.1. The maximum atomic E-state index is 13.2. The SMILES string of the molecule is Cn1c(=O)c2c(nc(N3CCC/C(=C\C(=O)c4ccco4)CC3)n2Cc2ccc(Cl)cc2)n(C)c1=O. The smallest absolute Gasteiger partial charge is 0.332 e. The molecule has 3 aromatic heterocycles. The summed E-state index contributed by atoms with van der Waals surface area (Å²) in [6.07, 6.45) is 5.42. The second-order valence-electron chi connectivity index (χ2n) is 8.99. The fourth-order valence-corrected chi connectivity index (χ4v) is 4.76. The first-order chi connectivity index (χ1) is 17.3. The molecule has 4 heterocycles. The zero-order chi connectivity index (χ0) is 25.4. The van der Waals surface area contributed by atoms with Crippen molar-refractivity contribution in [1.29, 1.82) is 0 Å². The number of benzene rings is 1. The van der Waals surface area contributed by atoms with E-state index >= 15 is 0 Å². The molecule has 5 rings (SSSR count). The highest BCUT2D eigenvalue weighted by Gasteiger charge is 2.24. The van der Waals surface area contributed by atoms with Gasteiger partial charge < -0.3 is 9.32 Å². The van der Waals surface area contributed by atoms with E-state index in [0.29, 0.717) is 54.0 Å². The van der Waals surface area contributed by atoms with Gasteiger partial charge in [0.15, 0.2) is 16.9 Å². The van der Waals surface area contributed by atoms with Crippen LogP contribution >= 0.6 is 11.6 Å². The van der Waals surface area contributed by atoms with Crippen LogP contribution in [0.25, 0.3) is 11.2 Å². The van der Waals surface area contributed by atoms with E-state index in [0.717, 1.165) is 28.5 Å². The molecule has 1 fully saturated rings. The first-order valence-electron chi connectivity index (χ1n) is 11.8. The number of anilines is 1. The predicted octanol–water partition coefficient (Wildman–Crippen LogP) is 3.53. The molecule has 186 valence electrons. The molecule has 1 aliphatic heterocycles. The molecule has 10 heteroatoms. The Morgan fingerprint density at radius 1 is 1.08 bits per heavy atom. The Labute approximate surface area is 211 Å². The molecule has 0 unspecified atom stereocenters. The highest BCUT2D eigenvalue weighted by atomic mass is 35.5. The number of imidazole rings is 1. The summed E-state index contributed by atoms with van der Waals surface area (Å²) in [7, 11) is 3.10. The number of ketones is 1. The van der Waals surface area contributed by atoms with Crippen LogP contribution in [0.5, 0.6) is 0 Å². The standard InChI is InChI=1S/C26H26ClN5O4/c1-29-23-22(24(34)30(2)26(29)35)32(16-18-7-9-19(27)10-8-18)25(28-23)31-12-3-5-17(11-13-31)15-20(33)21-6-4-14-36-21/h4,6-10,14-15H,3,5,11-13,16H2,1-2H3/b17-15+. The van der Waals surface area contributed by atoms with Crippen molar-refractivity contribution in [2.45, 2.75) is 25.8 Å². The number of hydrogen-bond acceptors (Lipinski definition) is 6. The highest BCUT2D eigenvalue weighted by Crippen LogP contribution is 2.26. The monoisotopic (exact) mass is 507 g/mol. The topological polar surface area (TPSA) is 95.3 Å². The number of aromatic nitrogens is 4. The average molecular weight is 508 g/mol. The minimum absolute atomic E-state index is 0.142. The van der Waals surface area contributed by atoms with E-state index in [1.165, 1.54) is 17.9 Å². The quantitative estimate of drug-likeness (QED) is 0.303. The van der Waals surface area contributed by atoms with Gasteiger partial charge in [0.05, 0.1) is 12.8 Å². The van der Waals surface area contributed by atoms with E-state index in [1.807, 2.05) is 28.8 Å². The summed E-state index contributed by atoms with van der Waals surface area (Å²) in [4.78, 5) is 45.2. The van der Waals surface area contributed by atoms with Crippen LogP contribution in [0.3, 0.4) is 0 Å². The molecular formula is C26H26ClN5O4. The van der Waals surface area contributed by atoms with Crippen LogP contribution in [0, 0.1) is 0 Å². The van der Waals surface area contributed by atoms with Crippen LogP contribution in [0.4, 0.5) is 5.95 Å². The van der Waals surface area contributed by atoms with E-state index in [9.17, 15) is 14.4 Å². The molecule has 1 aliphatic rings. The molecule has 0 saturated carbocycles. The molecule has 1 aromatic carbocycles. The van der Waals surface area contributed by atoms with Gasteiger partial charge in [0.25, 0.3) is 5.56 Å². The number of rotatable bonds is 5. The normalized spacial score (nSPS) is 15.5. The molecule has 0 spiro atoms. The Morgan fingerprint density at radius 3 is 2.58 bits per heavy atom. The number of carbonyl (C=O) groups is 1. The summed E-state index contributed by atoms with van der Waals surface area (Å²) in [5.41, 5.74) is 1.91. The molecule has 4 aromatic rings. The number of allylic oxidation sites excluding steroid dienone is 1. The lowest BCUT2D eigenvalue weighted by Crippen LogP contribution is -2.37. The van der Waals surface area contributed by atoms with Gasteiger partial charge in [0.1, 0.15) is 0 Å². The minimum Gasteiger partial charge on any atom is -0.461 e. The van der Waals surface area contributed by atoms with Crippen LogP contribution in [-0.2, 0) is 20.6 Å². The largest absolute Gasteiger partial charge is 0.461 e. The van der Waals surface area contributed by atoms with Crippen LogP contribution in [0.1, 0.15) is 35.4 Å². The first-order valence-corrected chi connectivity index (χ1v) is 12.1. The van der Waals surface area contributed by atoms with Gasteiger partial charge in [-0.1, -0.05) is 29.3 Å². The number of halogens is 1. The Morgan fingerprint density at radius 2 is 1.86 bits per heavy atom. The molecule has 1 saturated heterocycles. The Hall–Kier alpha value is -3.85. The third kappa shape index (κ3) is 4.42. The number of carbonyl (C=O) groups excluding carboxylic acids is 1. The number of hydrogen-bond donors (Lipinski definition) is 0. The fourth-order valence-electron chi connectivity index (χ4n) is 4.63. The lowest BCUT2D eigenvalue weighted by Gasteiger charge is -2.22. The van der Waals surface area contributed by atoms with E-state index in [4.69, 9.17) is 21.0 Å². The van der Waals surface area contributed by atoms with Gasteiger partial charge in [0.2, 0.25) is 11.7 Å². The minimum atomic E-state index is -0.423. The second kappa shape index (κ2) is 9.66. The lowest BCUT2D eigenvalue weighted by molar-refractivity contribution is 0.102. The average Bonchev–Trinajstić information content (AvgIpc) is 3.48. The third-order valence-electron chi connectivity index (χ3n) is 6.59. The summed E-state index contributed by atoms with van der Waals surface area (Å²) in [6, 6.07) is 10.8. The third-order valence-corrected chi connectivity index (χ3v) is 6.84. The van der Waals surface area contributed by atoms with Crippen molar-refractivity contribution in [2.75, 3.05) is 18.0 Å². The molecular weight excluding hydrogens is 482 g/mol. The lowest BCUT2D eigenvalue weighted by atomic mass is 10.1. The molecule has 0 amide bonds. The van der Waals surface area contributed by atoms with Gasteiger partial charge >= 0.3 is 5.69 Å². The summed E-state index contributed by atoms with van der Waals surface area (Å²) < 4.78 is 9.62. The summed E-state index contributed by atoms with van der Waals surface area (Å²) in [5.74, 6) is 0.805. The maximum absolute atomic E-state index is 13.2. The van der Waals surface area contributed by atoms with Crippen LogP contribution in [0.2, 0.25) is 5.02 Å². The van der Waals surface area contributed by atoms with Crippen molar-refractivity contribution < 1.29 is 9.21 Å². The number of aryl methyl sites for hydroxylation is 1. The fraction of sp³-hybridized carbons (Fsp3) is 0.308. The summed E-state index contributed by atoms with van der Waals surface area (Å²) in [5, 5.41) is 0.628. The van der Waals surface area contributed by atoms with E-state index in [1.54, 1.807) is 25.3 Å². The zero-order valence-corrected chi connectivity index (χ0v) is 20.9. The second-order valence-corrected chi connectivity index (χ2v) is 9.42. The molecule has 0 bridgehead atoms.